The van der Waals surface area contributed by atoms with E-state index in [1.807, 2.05) is 6.92 Å². The zero-order valence-corrected chi connectivity index (χ0v) is 15.0. The second kappa shape index (κ2) is 7.27. The lowest BCUT2D eigenvalue weighted by Crippen LogP contribution is -2.52. The summed E-state index contributed by atoms with van der Waals surface area (Å²) in [5.74, 6) is -0.0859. The normalized spacial score (nSPS) is 20.4. The molecule has 1 saturated heterocycles. The third-order valence-corrected chi connectivity index (χ3v) is 6.28. The third kappa shape index (κ3) is 4.66. The van der Waals surface area contributed by atoms with E-state index in [-0.39, 0.29) is 29.1 Å². The van der Waals surface area contributed by atoms with Crippen LogP contribution in [-0.4, -0.2) is 53.1 Å². The van der Waals surface area contributed by atoms with Crippen molar-refractivity contribution in [3.05, 3.63) is 29.8 Å². The predicted molar refractivity (Wildman–Crippen MR) is 88.5 cm³/mol. The van der Waals surface area contributed by atoms with Gasteiger partial charge in [-0.15, -0.1) is 12.4 Å². The SMILES string of the molecule is CC1CNCCN1S(=O)(=O)c1ccc(CS(C)(=O)=O)cc1.Cl. The summed E-state index contributed by atoms with van der Waals surface area (Å²) in [6.45, 7) is 3.57. The van der Waals surface area contributed by atoms with E-state index in [0.29, 0.717) is 25.2 Å². The number of hydrogen-bond donors (Lipinski definition) is 1. The highest BCUT2D eigenvalue weighted by molar-refractivity contribution is 7.90. The molecule has 1 aliphatic rings. The molecule has 0 bridgehead atoms. The average Bonchev–Trinajstić information content (AvgIpc) is 2.37. The van der Waals surface area contributed by atoms with E-state index in [1.54, 1.807) is 12.1 Å². The first-order valence-electron chi connectivity index (χ1n) is 6.69. The van der Waals surface area contributed by atoms with Crippen LogP contribution in [0.4, 0.5) is 0 Å². The number of sulfonamides is 1. The van der Waals surface area contributed by atoms with Crippen LogP contribution in [0.5, 0.6) is 0 Å². The van der Waals surface area contributed by atoms with Gasteiger partial charge in [0.2, 0.25) is 10.0 Å². The lowest BCUT2D eigenvalue weighted by molar-refractivity contribution is 0.284. The summed E-state index contributed by atoms with van der Waals surface area (Å²) in [4.78, 5) is 0.202. The van der Waals surface area contributed by atoms with Crippen molar-refractivity contribution in [3.8, 4) is 0 Å². The maximum Gasteiger partial charge on any atom is 0.243 e. The van der Waals surface area contributed by atoms with E-state index in [4.69, 9.17) is 0 Å². The van der Waals surface area contributed by atoms with Crippen LogP contribution in [0.3, 0.4) is 0 Å². The van der Waals surface area contributed by atoms with Crippen LogP contribution < -0.4 is 5.32 Å². The van der Waals surface area contributed by atoms with Gasteiger partial charge in [0, 0.05) is 31.9 Å². The van der Waals surface area contributed by atoms with Gasteiger partial charge in [-0.2, -0.15) is 4.31 Å². The summed E-state index contributed by atoms with van der Waals surface area (Å²) < 4.78 is 49.1. The molecule has 6 nitrogen and oxygen atoms in total. The molecule has 0 amide bonds. The Morgan fingerprint density at radius 3 is 2.27 bits per heavy atom. The maximum atomic E-state index is 12.6. The van der Waals surface area contributed by atoms with E-state index in [0.717, 1.165) is 6.26 Å². The molecule has 0 aliphatic carbocycles. The van der Waals surface area contributed by atoms with E-state index >= 15 is 0 Å². The average molecular weight is 369 g/mol. The molecular formula is C13H21ClN2O4S2. The Hall–Kier alpha value is -0.670. The van der Waals surface area contributed by atoms with Gasteiger partial charge < -0.3 is 5.32 Å². The highest BCUT2D eigenvalue weighted by Crippen LogP contribution is 2.20. The number of halogens is 1. The van der Waals surface area contributed by atoms with E-state index < -0.39 is 19.9 Å². The van der Waals surface area contributed by atoms with E-state index in [1.165, 1.54) is 16.4 Å². The van der Waals surface area contributed by atoms with Crippen LogP contribution in [0.15, 0.2) is 29.2 Å². The Balaban J connectivity index is 0.00000242. The van der Waals surface area contributed by atoms with Crippen LogP contribution in [0.25, 0.3) is 0 Å². The van der Waals surface area contributed by atoms with Crippen LogP contribution in [0.2, 0.25) is 0 Å². The Bertz CT molecular complexity index is 702. The largest absolute Gasteiger partial charge is 0.314 e. The van der Waals surface area contributed by atoms with Crippen LogP contribution >= 0.6 is 12.4 Å². The van der Waals surface area contributed by atoms with Crippen molar-refractivity contribution in [2.24, 2.45) is 0 Å². The minimum Gasteiger partial charge on any atom is -0.314 e. The monoisotopic (exact) mass is 368 g/mol. The van der Waals surface area contributed by atoms with Gasteiger partial charge in [0.05, 0.1) is 10.6 Å². The van der Waals surface area contributed by atoms with Gasteiger partial charge in [0.1, 0.15) is 0 Å². The van der Waals surface area contributed by atoms with Crippen LogP contribution in [-0.2, 0) is 25.6 Å². The van der Waals surface area contributed by atoms with Crippen molar-refractivity contribution < 1.29 is 16.8 Å². The molecule has 1 aromatic rings. The Kier molecular flexibility index (Phi) is 6.40. The summed E-state index contributed by atoms with van der Waals surface area (Å²) in [5, 5.41) is 3.15. The fourth-order valence-corrected chi connectivity index (χ4v) is 4.80. The molecule has 1 N–H and O–H groups in total. The molecule has 1 unspecified atom stereocenters. The predicted octanol–water partition coefficient (Wildman–Crippen LogP) is 0.635. The number of piperazine rings is 1. The number of hydrogen-bond acceptors (Lipinski definition) is 5. The highest BCUT2D eigenvalue weighted by atomic mass is 35.5. The lowest BCUT2D eigenvalue weighted by Gasteiger charge is -2.32. The molecule has 9 heteroatoms. The minimum atomic E-state index is -3.53. The second-order valence-corrected chi connectivity index (χ2v) is 9.41. The third-order valence-electron chi connectivity index (χ3n) is 3.40. The van der Waals surface area contributed by atoms with Gasteiger partial charge in [0.15, 0.2) is 9.84 Å². The molecule has 1 aromatic carbocycles. The molecule has 1 fully saturated rings. The van der Waals surface area contributed by atoms with Crippen molar-refractivity contribution in [3.63, 3.8) is 0 Å². The van der Waals surface area contributed by atoms with Gasteiger partial charge in [-0.05, 0) is 24.6 Å². The number of nitrogens with zero attached hydrogens (tertiary/aromatic N) is 1. The zero-order valence-electron chi connectivity index (χ0n) is 12.5. The molecule has 0 aromatic heterocycles. The minimum absolute atomic E-state index is 0. The summed E-state index contributed by atoms with van der Waals surface area (Å²) >= 11 is 0. The van der Waals surface area contributed by atoms with Crippen LogP contribution in [0.1, 0.15) is 12.5 Å². The first kappa shape index (κ1) is 19.4. The number of nitrogens with one attached hydrogen (secondary N) is 1. The van der Waals surface area contributed by atoms with Crippen molar-refractivity contribution in [2.45, 2.75) is 23.6 Å². The van der Waals surface area contributed by atoms with E-state index in [2.05, 4.69) is 5.32 Å². The van der Waals surface area contributed by atoms with Crippen molar-refractivity contribution >= 4 is 32.3 Å². The Morgan fingerprint density at radius 1 is 1.18 bits per heavy atom. The Morgan fingerprint density at radius 2 is 1.77 bits per heavy atom. The Labute approximate surface area is 138 Å². The second-order valence-electron chi connectivity index (χ2n) is 5.38. The highest BCUT2D eigenvalue weighted by Gasteiger charge is 2.30. The van der Waals surface area contributed by atoms with Gasteiger partial charge in [-0.3, -0.25) is 0 Å². The first-order valence-corrected chi connectivity index (χ1v) is 10.2. The van der Waals surface area contributed by atoms with Crippen molar-refractivity contribution in [2.75, 3.05) is 25.9 Å². The summed E-state index contributed by atoms with van der Waals surface area (Å²) in [6, 6.07) is 5.97. The molecule has 2 rings (SSSR count). The lowest BCUT2D eigenvalue weighted by atomic mass is 10.2. The first-order chi connectivity index (χ1) is 9.70. The number of rotatable bonds is 4. The standard InChI is InChI=1S/C13H20N2O4S2.ClH/c1-11-9-14-7-8-15(11)21(18,19)13-5-3-12(4-6-13)10-20(2,16)17;/h3-6,11,14H,7-10H2,1-2H3;1H. The summed E-state index contributed by atoms with van der Waals surface area (Å²) in [7, 11) is -6.65. The molecule has 0 spiro atoms. The summed E-state index contributed by atoms with van der Waals surface area (Å²) in [5.41, 5.74) is 0.588. The number of sulfone groups is 1. The molecule has 126 valence electrons. The smallest absolute Gasteiger partial charge is 0.243 e. The molecule has 1 heterocycles. The quantitative estimate of drug-likeness (QED) is 0.843. The van der Waals surface area contributed by atoms with Gasteiger partial charge in [-0.1, -0.05) is 12.1 Å². The molecular weight excluding hydrogens is 348 g/mol. The van der Waals surface area contributed by atoms with Gasteiger partial charge in [0.25, 0.3) is 0 Å². The van der Waals surface area contributed by atoms with Crippen molar-refractivity contribution in [1.29, 1.82) is 0 Å². The fourth-order valence-electron chi connectivity index (χ4n) is 2.38. The van der Waals surface area contributed by atoms with Gasteiger partial charge in [-0.25, -0.2) is 16.8 Å². The molecule has 0 radical (unpaired) electrons. The topological polar surface area (TPSA) is 83.6 Å². The zero-order chi connectivity index (χ0) is 15.7. The molecule has 0 saturated carbocycles. The number of benzene rings is 1. The van der Waals surface area contributed by atoms with Gasteiger partial charge >= 0.3 is 0 Å². The molecule has 1 atom stereocenters. The maximum absolute atomic E-state index is 12.6. The fraction of sp³-hybridized carbons (Fsp3) is 0.538. The molecule has 1 aliphatic heterocycles. The summed E-state index contributed by atoms with van der Waals surface area (Å²) in [6.07, 6.45) is 1.15. The van der Waals surface area contributed by atoms with Crippen LogP contribution in [0, 0.1) is 0 Å². The van der Waals surface area contributed by atoms with E-state index in [9.17, 15) is 16.8 Å². The van der Waals surface area contributed by atoms with Crippen molar-refractivity contribution in [1.82, 2.24) is 9.62 Å². The molecule has 22 heavy (non-hydrogen) atoms.